The van der Waals surface area contributed by atoms with Gasteiger partial charge in [0.1, 0.15) is 0 Å². The number of hydrogen-bond donors (Lipinski definition) is 0. The van der Waals surface area contributed by atoms with E-state index in [0.717, 1.165) is 36.1 Å². The molecule has 1 atom stereocenters. The maximum absolute atomic E-state index is 13.0. The maximum atomic E-state index is 13.0. The Hall–Kier alpha value is -3.00. The third-order valence-corrected chi connectivity index (χ3v) is 4.93. The van der Waals surface area contributed by atoms with Crippen molar-refractivity contribution in [2.75, 3.05) is 0 Å². The number of pyridine rings is 1. The molecule has 148 valence electrons. The van der Waals surface area contributed by atoms with Crippen LogP contribution in [0.5, 0.6) is 0 Å². The van der Waals surface area contributed by atoms with Gasteiger partial charge in [-0.25, -0.2) is 4.39 Å². The van der Waals surface area contributed by atoms with Crippen LogP contribution in [0.3, 0.4) is 0 Å². The van der Waals surface area contributed by atoms with E-state index >= 15 is 0 Å². The predicted molar refractivity (Wildman–Crippen MR) is 122 cm³/mol. The lowest BCUT2D eigenvalue weighted by Crippen LogP contribution is -1.90. The first kappa shape index (κ1) is 20.7. The highest BCUT2D eigenvalue weighted by molar-refractivity contribution is 5.80. The summed E-state index contributed by atoms with van der Waals surface area (Å²) in [5.74, 6) is 0. The summed E-state index contributed by atoms with van der Waals surface area (Å²) in [6.07, 6.45) is 10.5. The fourth-order valence-electron chi connectivity index (χ4n) is 3.36. The van der Waals surface area contributed by atoms with Crippen LogP contribution in [0, 0.1) is 0 Å². The van der Waals surface area contributed by atoms with E-state index in [1.807, 2.05) is 30.5 Å². The van der Waals surface area contributed by atoms with Gasteiger partial charge in [0.15, 0.2) is 0 Å². The number of rotatable bonds is 9. The van der Waals surface area contributed by atoms with Crippen molar-refractivity contribution >= 4 is 6.08 Å². The lowest BCUT2D eigenvalue weighted by Gasteiger charge is -2.11. The number of aromatic nitrogens is 1. The van der Waals surface area contributed by atoms with Crippen LogP contribution >= 0.6 is 0 Å². The van der Waals surface area contributed by atoms with Crippen LogP contribution in [0.15, 0.2) is 85.6 Å². The predicted octanol–water partition coefficient (Wildman–Crippen LogP) is 7.69. The number of hydrogen-bond acceptors (Lipinski definition) is 1. The van der Waals surface area contributed by atoms with Gasteiger partial charge in [0.2, 0.25) is 0 Å². The molecule has 0 N–H and O–H groups in total. The van der Waals surface area contributed by atoms with Crippen LogP contribution in [0.4, 0.5) is 4.39 Å². The first-order valence-corrected chi connectivity index (χ1v) is 10.2. The van der Waals surface area contributed by atoms with E-state index in [4.69, 9.17) is 0 Å². The summed E-state index contributed by atoms with van der Waals surface area (Å²) in [6, 6.07) is 21.1. The molecular weight excluding hydrogens is 357 g/mol. The second kappa shape index (κ2) is 10.5. The molecule has 0 bridgehead atoms. The first-order valence-electron chi connectivity index (χ1n) is 10.2. The normalized spacial score (nSPS) is 12.2. The molecule has 0 spiro atoms. The largest absolute Gasteiger partial charge is 0.256 e. The molecule has 29 heavy (non-hydrogen) atoms. The van der Waals surface area contributed by atoms with Crippen LogP contribution in [0.2, 0.25) is 0 Å². The number of benzene rings is 2. The molecular formula is C27H28FN. The first-order chi connectivity index (χ1) is 14.2. The van der Waals surface area contributed by atoms with Gasteiger partial charge in [0.05, 0.1) is 11.9 Å². The molecule has 1 nitrogen and oxygen atoms in total. The Morgan fingerprint density at radius 3 is 2.52 bits per heavy atom. The van der Waals surface area contributed by atoms with Gasteiger partial charge < -0.3 is 0 Å². The van der Waals surface area contributed by atoms with Gasteiger partial charge >= 0.3 is 0 Å². The van der Waals surface area contributed by atoms with Crippen LogP contribution in [0.25, 0.3) is 28.5 Å². The van der Waals surface area contributed by atoms with E-state index in [1.165, 1.54) is 16.7 Å². The summed E-state index contributed by atoms with van der Waals surface area (Å²) in [5, 5.41) is 0. The minimum absolute atomic E-state index is 0.612. The summed E-state index contributed by atoms with van der Waals surface area (Å²) in [4.78, 5) is 4.49. The standard InChI is InChI=1S/C27H28FN/c1-3-9-22-13-15-24(16-14-22)26-20-25(27-12-7-8-19-29-27)18-17-23(26)11-6-4-5-10-21(2)28/h3,6-8,11-21H,1,4-5,9-10H2,2H3. The summed E-state index contributed by atoms with van der Waals surface area (Å²) in [6.45, 7) is 5.44. The van der Waals surface area contributed by atoms with Crippen molar-refractivity contribution in [3.8, 4) is 22.4 Å². The van der Waals surface area contributed by atoms with Crippen LogP contribution < -0.4 is 0 Å². The number of unbranched alkanes of at least 4 members (excludes halogenated alkanes) is 1. The molecule has 0 radical (unpaired) electrons. The number of alkyl halides is 1. The molecule has 1 aromatic heterocycles. The molecule has 0 amide bonds. The van der Waals surface area contributed by atoms with Crippen LogP contribution in [-0.4, -0.2) is 11.2 Å². The zero-order valence-corrected chi connectivity index (χ0v) is 17.0. The highest BCUT2D eigenvalue weighted by Crippen LogP contribution is 2.30. The average molecular weight is 386 g/mol. The minimum Gasteiger partial charge on any atom is -0.256 e. The SMILES string of the molecule is C=CCc1ccc(-c2cc(-c3ccccn3)ccc2C=CCCCC(C)F)cc1. The molecule has 0 saturated heterocycles. The monoisotopic (exact) mass is 385 g/mol. The zero-order chi connectivity index (χ0) is 20.5. The molecule has 2 aromatic carbocycles. The maximum Gasteiger partial charge on any atom is 0.0973 e. The summed E-state index contributed by atoms with van der Waals surface area (Å²) >= 11 is 0. The van der Waals surface area contributed by atoms with Crippen molar-refractivity contribution in [1.82, 2.24) is 4.98 Å². The Morgan fingerprint density at radius 2 is 1.83 bits per heavy atom. The van der Waals surface area contributed by atoms with Gasteiger partial charge in [0, 0.05) is 11.8 Å². The van der Waals surface area contributed by atoms with Crippen molar-refractivity contribution in [3.05, 3.63) is 96.7 Å². The molecule has 3 aromatic rings. The second-order valence-electron chi connectivity index (χ2n) is 7.32. The third-order valence-electron chi connectivity index (χ3n) is 4.93. The van der Waals surface area contributed by atoms with E-state index < -0.39 is 6.17 Å². The lowest BCUT2D eigenvalue weighted by atomic mass is 9.94. The van der Waals surface area contributed by atoms with E-state index in [1.54, 1.807) is 6.92 Å². The van der Waals surface area contributed by atoms with Crippen molar-refractivity contribution in [1.29, 1.82) is 0 Å². The lowest BCUT2D eigenvalue weighted by molar-refractivity contribution is 0.335. The van der Waals surface area contributed by atoms with Crippen molar-refractivity contribution < 1.29 is 4.39 Å². The number of allylic oxidation sites excluding steroid dienone is 2. The molecule has 0 aliphatic carbocycles. The third kappa shape index (κ3) is 5.99. The molecule has 0 saturated carbocycles. The van der Waals surface area contributed by atoms with Crippen LogP contribution in [0.1, 0.15) is 37.3 Å². The van der Waals surface area contributed by atoms with Crippen molar-refractivity contribution in [3.63, 3.8) is 0 Å². The van der Waals surface area contributed by atoms with Gasteiger partial charge in [-0.05, 0) is 73.1 Å². The fraction of sp³-hybridized carbons (Fsp3) is 0.222. The molecule has 1 heterocycles. The average Bonchev–Trinajstić information content (AvgIpc) is 2.75. The molecule has 0 aliphatic heterocycles. The minimum atomic E-state index is -0.731. The van der Waals surface area contributed by atoms with Gasteiger partial charge in [-0.2, -0.15) is 0 Å². The number of nitrogens with zero attached hydrogens (tertiary/aromatic N) is 1. The fourth-order valence-corrected chi connectivity index (χ4v) is 3.36. The highest BCUT2D eigenvalue weighted by atomic mass is 19.1. The smallest absolute Gasteiger partial charge is 0.0973 e. The summed E-state index contributed by atoms with van der Waals surface area (Å²) < 4.78 is 13.0. The Labute approximate surface area is 173 Å². The van der Waals surface area contributed by atoms with Crippen LogP contribution in [-0.2, 0) is 6.42 Å². The van der Waals surface area contributed by atoms with E-state index in [-0.39, 0.29) is 0 Å². The number of halogens is 1. The molecule has 0 fully saturated rings. The Kier molecular flexibility index (Phi) is 7.52. The Balaban J connectivity index is 1.92. The van der Waals surface area contributed by atoms with Gasteiger partial charge in [-0.1, -0.05) is 60.7 Å². The van der Waals surface area contributed by atoms with E-state index in [9.17, 15) is 4.39 Å². The summed E-state index contributed by atoms with van der Waals surface area (Å²) in [5.41, 5.74) is 6.82. The Bertz CT molecular complexity index is 940. The van der Waals surface area contributed by atoms with Gasteiger partial charge in [0.25, 0.3) is 0 Å². The van der Waals surface area contributed by atoms with Gasteiger partial charge in [-0.15, -0.1) is 6.58 Å². The summed E-state index contributed by atoms with van der Waals surface area (Å²) in [7, 11) is 0. The van der Waals surface area contributed by atoms with Crippen molar-refractivity contribution in [2.45, 2.75) is 38.8 Å². The zero-order valence-electron chi connectivity index (χ0n) is 17.0. The quantitative estimate of drug-likeness (QED) is 0.272. The second-order valence-corrected chi connectivity index (χ2v) is 7.32. The molecule has 0 aliphatic rings. The molecule has 2 heteroatoms. The Morgan fingerprint density at radius 1 is 1.03 bits per heavy atom. The topological polar surface area (TPSA) is 12.9 Å². The van der Waals surface area contributed by atoms with Gasteiger partial charge in [-0.3, -0.25) is 4.98 Å². The van der Waals surface area contributed by atoms with E-state index in [2.05, 4.69) is 66.2 Å². The molecule has 1 unspecified atom stereocenters. The highest BCUT2D eigenvalue weighted by Gasteiger charge is 2.07. The molecule has 3 rings (SSSR count). The van der Waals surface area contributed by atoms with E-state index in [0.29, 0.717) is 6.42 Å². The van der Waals surface area contributed by atoms with Crippen molar-refractivity contribution in [2.24, 2.45) is 0 Å².